The molecule has 0 fully saturated rings. The second kappa shape index (κ2) is 7.61. The van der Waals surface area contributed by atoms with E-state index in [-0.39, 0.29) is 10.6 Å². The zero-order chi connectivity index (χ0) is 21.2. The Morgan fingerprint density at radius 2 is 1.00 bits per heavy atom. The second-order valence-electron chi connectivity index (χ2n) is 5.88. The Labute approximate surface area is 163 Å². The average Bonchev–Trinajstić information content (AvgIpc) is 2.73. The molecule has 3 aromatic carbocycles. The van der Waals surface area contributed by atoms with Gasteiger partial charge in [-0.3, -0.25) is 30.3 Å². The lowest BCUT2D eigenvalue weighted by Crippen LogP contribution is -2.28. The zero-order valence-corrected chi connectivity index (χ0v) is 15.5. The van der Waals surface area contributed by atoms with Crippen LogP contribution < -0.4 is 15.9 Å². The first kappa shape index (κ1) is 19.8. The number of hydrogen-bond donors (Lipinski definition) is 0. The third-order valence-corrected chi connectivity index (χ3v) is 7.35. The summed E-state index contributed by atoms with van der Waals surface area (Å²) in [5.41, 5.74) is -2.72. The lowest BCUT2D eigenvalue weighted by atomic mass is 10.2. The maximum Gasteiger partial charge on any atom is 0.294 e. The van der Waals surface area contributed by atoms with Crippen LogP contribution in [0.25, 0.3) is 0 Å². The van der Waals surface area contributed by atoms with Gasteiger partial charge in [0.15, 0.2) is 12.4 Å². The van der Waals surface area contributed by atoms with Crippen LogP contribution in [0, 0.1) is 30.3 Å². The predicted octanol–water partition coefficient (Wildman–Crippen LogP) is 3.05. The van der Waals surface area contributed by atoms with Crippen LogP contribution in [-0.2, 0) is 4.57 Å². The molecule has 0 bridgehead atoms. The molecule has 29 heavy (non-hydrogen) atoms. The van der Waals surface area contributed by atoms with Crippen molar-refractivity contribution in [2.45, 2.75) is 0 Å². The van der Waals surface area contributed by atoms with E-state index in [1.54, 1.807) is 36.4 Å². The number of non-ortho nitro benzene ring substituents is 1. The number of nitro groups is 3. The van der Waals surface area contributed by atoms with Crippen molar-refractivity contribution < 1.29 is 19.3 Å². The number of nitrogens with zero attached hydrogens (tertiary/aromatic N) is 3. The maximum absolute atomic E-state index is 14.4. The van der Waals surface area contributed by atoms with E-state index < -0.39 is 44.3 Å². The number of hydrogen-bond acceptors (Lipinski definition) is 7. The van der Waals surface area contributed by atoms with E-state index in [0.717, 1.165) is 0 Å². The molecule has 0 atom stereocenters. The standard InChI is InChI=1S/C18H12N3O7P/c22-19(23)13-11-16(20(24)25)18(17(12-13)21(26)27)29(28,14-7-3-1-4-8-14)15-9-5-2-6-10-15/h1-12H. The summed E-state index contributed by atoms with van der Waals surface area (Å²) in [5.74, 6) is 0. The number of nitro benzene ring substituents is 3. The second-order valence-corrected chi connectivity index (χ2v) is 8.58. The minimum absolute atomic E-state index is 0.131. The topological polar surface area (TPSA) is 146 Å². The van der Waals surface area contributed by atoms with Gasteiger partial charge in [-0.05, 0) is 0 Å². The van der Waals surface area contributed by atoms with Gasteiger partial charge >= 0.3 is 0 Å². The molecule has 0 aliphatic rings. The molecule has 0 N–H and O–H groups in total. The summed E-state index contributed by atoms with van der Waals surface area (Å²) in [6.07, 6.45) is 0. The highest BCUT2D eigenvalue weighted by atomic mass is 31.2. The summed E-state index contributed by atoms with van der Waals surface area (Å²) in [6, 6.07) is 16.5. The molecule has 11 heteroatoms. The number of rotatable bonds is 6. The van der Waals surface area contributed by atoms with Gasteiger partial charge in [-0.1, -0.05) is 60.7 Å². The van der Waals surface area contributed by atoms with E-state index in [1.807, 2.05) is 0 Å². The molecule has 0 spiro atoms. The van der Waals surface area contributed by atoms with Gasteiger partial charge in [0, 0.05) is 10.6 Å². The highest BCUT2D eigenvalue weighted by Crippen LogP contribution is 2.48. The molecule has 0 saturated heterocycles. The fourth-order valence-electron chi connectivity index (χ4n) is 2.98. The molecule has 3 rings (SSSR count). The van der Waals surface area contributed by atoms with Gasteiger partial charge < -0.3 is 4.57 Å². The van der Waals surface area contributed by atoms with Crippen LogP contribution in [0.15, 0.2) is 72.8 Å². The Morgan fingerprint density at radius 3 is 1.31 bits per heavy atom. The van der Waals surface area contributed by atoms with Gasteiger partial charge in [-0.25, -0.2) is 0 Å². The third-order valence-electron chi connectivity index (χ3n) is 4.21. The van der Waals surface area contributed by atoms with E-state index >= 15 is 0 Å². The van der Waals surface area contributed by atoms with Crippen molar-refractivity contribution in [2.75, 3.05) is 0 Å². The van der Waals surface area contributed by atoms with Gasteiger partial charge in [0.25, 0.3) is 17.1 Å². The average molecular weight is 413 g/mol. The van der Waals surface area contributed by atoms with Crippen LogP contribution in [0.5, 0.6) is 0 Å². The minimum Gasteiger partial charge on any atom is -0.308 e. The Bertz CT molecular complexity index is 1090. The summed E-state index contributed by atoms with van der Waals surface area (Å²) in [4.78, 5) is 31.6. The largest absolute Gasteiger partial charge is 0.308 e. The van der Waals surface area contributed by atoms with Gasteiger partial charge in [0.05, 0.1) is 26.9 Å². The molecule has 0 aromatic heterocycles. The molecule has 10 nitrogen and oxygen atoms in total. The van der Waals surface area contributed by atoms with Crippen LogP contribution in [-0.4, -0.2) is 14.8 Å². The molecular formula is C18H12N3O7P. The normalized spacial score (nSPS) is 11.0. The summed E-state index contributed by atoms with van der Waals surface area (Å²) in [7, 11) is -4.12. The highest BCUT2D eigenvalue weighted by Gasteiger charge is 2.44. The molecule has 0 saturated carbocycles. The molecule has 0 heterocycles. The fraction of sp³-hybridized carbons (Fsp3) is 0. The van der Waals surface area contributed by atoms with Crippen LogP contribution in [0.3, 0.4) is 0 Å². The van der Waals surface area contributed by atoms with E-state index in [9.17, 15) is 34.9 Å². The molecule has 0 aliphatic carbocycles. The summed E-state index contributed by atoms with van der Waals surface area (Å²) in [5, 5.41) is 34.2. The summed E-state index contributed by atoms with van der Waals surface area (Å²) < 4.78 is 14.4. The van der Waals surface area contributed by atoms with Gasteiger partial charge in [0.2, 0.25) is 0 Å². The minimum atomic E-state index is -4.12. The first-order chi connectivity index (χ1) is 13.8. The highest BCUT2D eigenvalue weighted by molar-refractivity contribution is 7.85. The lowest BCUT2D eigenvalue weighted by Gasteiger charge is -2.19. The van der Waals surface area contributed by atoms with Gasteiger partial charge in [-0.2, -0.15) is 0 Å². The van der Waals surface area contributed by atoms with E-state index in [1.165, 1.54) is 24.3 Å². The van der Waals surface area contributed by atoms with Crippen LogP contribution in [0.2, 0.25) is 0 Å². The van der Waals surface area contributed by atoms with Crippen molar-refractivity contribution >= 4 is 40.1 Å². The van der Waals surface area contributed by atoms with Crippen molar-refractivity contribution in [3.05, 3.63) is 103 Å². The lowest BCUT2D eigenvalue weighted by molar-refractivity contribution is -0.401. The molecular weight excluding hydrogens is 401 g/mol. The van der Waals surface area contributed by atoms with Crippen molar-refractivity contribution in [2.24, 2.45) is 0 Å². The Hall–Kier alpha value is -3.91. The SMILES string of the molecule is O=[N+]([O-])c1cc([N+](=O)[O-])c(P(=O)(c2ccccc2)c2ccccc2)c([N+](=O)[O-])c1. The van der Waals surface area contributed by atoms with Crippen molar-refractivity contribution in [1.29, 1.82) is 0 Å². The molecule has 3 aromatic rings. The summed E-state index contributed by atoms with van der Waals surface area (Å²) in [6.45, 7) is 0. The fourth-order valence-corrected chi connectivity index (χ4v) is 5.92. The van der Waals surface area contributed by atoms with Crippen LogP contribution >= 0.6 is 7.14 Å². The van der Waals surface area contributed by atoms with Crippen molar-refractivity contribution in [1.82, 2.24) is 0 Å². The van der Waals surface area contributed by atoms with Crippen molar-refractivity contribution in [3.63, 3.8) is 0 Å². The quantitative estimate of drug-likeness (QED) is 0.343. The molecule has 0 unspecified atom stereocenters. The molecule has 146 valence electrons. The first-order valence-electron chi connectivity index (χ1n) is 8.10. The monoisotopic (exact) mass is 413 g/mol. The van der Waals surface area contributed by atoms with Gasteiger partial charge in [0.1, 0.15) is 0 Å². The molecule has 0 amide bonds. The first-order valence-corrected chi connectivity index (χ1v) is 9.80. The van der Waals surface area contributed by atoms with Crippen LogP contribution in [0.4, 0.5) is 17.1 Å². The predicted molar refractivity (Wildman–Crippen MR) is 106 cm³/mol. The van der Waals surface area contributed by atoms with Gasteiger partial charge in [-0.15, -0.1) is 0 Å². The van der Waals surface area contributed by atoms with E-state index in [2.05, 4.69) is 0 Å². The summed E-state index contributed by atoms with van der Waals surface area (Å²) >= 11 is 0. The Kier molecular flexibility index (Phi) is 5.20. The Morgan fingerprint density at radius 1 is 0.621 bits per heavy atom. The van der Waals surface area contributed by atoms with E-state index in [4.69, 9.17) is 0 Å². The smallest absolute Gasteiger partial charge is 0.294 e. The van der Waals surface area contributed by atoms with Crippen molar-refractivity contribution in [3.8, 4) is 0 Å². The maximum atomic E-state index is 14.4. The van der Waals surface area contributed by atoms with Crippen LogP contribution in [0.1, 0.15) is 0 Å². The molecule has 0 radical (unpaired) electrons. The zero-order valence-electron chi connectivity index (χ0n) is 14.6. The number of benzene rings is 3. The molecule has 0 aliphatic heterocycles. The Balaban J connectivity index is 2.53. The van der Waals surface area contributed by atoms with E-state index in [0.29, 0.717) is 12.1 Å². The third kappa shape index (κ3) is 3.48.